The molecule has 0 radical (unpaired) electrons. The Kier molecular flexibility index (Phi) is 10.4. The van der Waals surface area contributed by atoms with Crippen LogP contribution in [0.2, 0.25) is 5.02 Å². The molecular weight excluding hydrogens is 418 g/mol. The lowest BCUT2D eigenvalue weighted by Crippen LogP contribution is -2.42. The smallest absolute Gasteiger partial charge is 0.273 e. The molecule has 2 aromatic rings. The molecule has 7 nitrogen and oxygen atoms in total. The van der Waals surface area contributed by atoms with Gasteiger partial charge in [-0.15, -0.1) is 0 Å². The minimum absolute atomic E-state index is 0.0512. The van der Waals surface area contributed by atoms with Gasteiger partial charge in [0.1, 0.15) is 5.75 Å². The van der Waals surface area contributed by atoms with Crippen LogP contribution < -0.4 is 20.9 Å². The molecule has 0 saturated carbocycles. The molecule has 166 valence electrons. The van der Waals surface area contributed by atoms with Crippen molar-refractivity contribution in [3.8, 4) is 5.75 Å². The highest BCUT2D eigenvalue weighted by Gasteiger charge is 2.14. The molecule has 0 aromatic heterocycles. The lowest BCUT2D eigenvalue weighted by molar-refractivity contribution is -0.124. The highest BCUT2D eigenvalue weighted by atomic mass is 35.5. The van der Waals surface area contributed by atoms with Crippen molar-refractivity contribution in [3.05, 3.63) is 59.1 Å². The van der Waals surface area contributed by atoms with Gasteiger partial charge in [0.15, 0.2) is 0 Å². The van der Waals surface area contributed by atoms with Crippen molar-refractivity contribution in [2.24, 2.45) is 0 Å². The first kappa shape index (κ1) is 24.2. The van der Waals surface area contributed by atoms with Crippen LogP contribution in [0.25, 0.3) is 0 Å². The highest BCUT2D eigenvalue weighted by Crippen LogP contribution is 2.20. The SMILES string of the molecule is CCCCCCOc1ccccc1C(=O)NNC(=O)CCC(=O)Nc1ccccc1Cl. The van der Waals surface area contributed by atoms with Gasteiger partial charge in [0.2, 0.25) is 11.8 Å². The Morgan fingerprint density at radius 2 is 1.58 bits per heavy atom. The number of anilines is 1. The van der Waals surface area contributed by atoms with Gasteiger partial charge in [-0.2, -0.15) is 0 Å². The maximum Gasteiger partial charge on any atom is 0.273 e. The molecular formula is C23H28ClN3O4. The number of nitrogens with one attached hydrogen (secondary N) is 3. The summed E-state index contributed by atoms with van der Waals surface area (Å²) in [6.07, 6.45) is 4.13. The third-order valence-corrected chi connectivity index (χ3v) is 4.76. The van der Waals surface area contributed by atoms with E-state index in [-0.39, 0.29) is 18.7 Å². The zero-order valence-electron chi connectivity index (χ0n) is 17.6. The Bertz CT molecular complexity index is 889. The third kappa shape index (κ3) is 8.68. The summed E-state index contributed by atoms with van der Waals surface area (Å²) in [5.41, 5.74) is 5.49. The zero-order chi connectivity index (χ0) is 22.5. The van der Waals surface area contributed by atoms with Gasteiger partial charge in [-0.05, 0) is 30.7 Å². The normalized spacial score (nSPS) is 10.3. The van der Waals surface area contributed by atoms with Gasteiger partial charge in [-0.3, -0.25) is 25.2 Å². The number of hydrazine groups is 1. The maximum absolute atomic E-state index is 12.4. The first-order chi connectivity index (χ1) is 15.0. The van der Waals surface area contributed by atoms with Crippen LogP contribution in [0, 0.1) is 0 Å². The Labute approximate surface area is 187 Å². The third-order valence-electron chi connectivity index (χ3n) is 4.43. The Morgan fingerprint density at radius 3 is 2.35 bits per heavy atom. The van der Waals surface area contributed by atoms with Gasteiger partial charge in [0, 0.05) is 12.8 Å². The predicted molar refractivity (Wildman–Crippen MR) is 121 cm³/mol. The summed E-state index contributed by atoms with van der Waals surface area (Å²) < 4.78 is 5.72. The lowest BCUT2D eigenvalue weighted by Gasteiger charge is -2.12. The summed E-state index contributed by atoms with van der Waals surface area (Å²) in [4.78, 5) is 36.4. The molecule has 8 heteroatoms. The number of para-hydroxylation sites is 2. The van der Waals surface area contributed by atoms with Crippen LogP contribution in [0.4, 0.5) is 5.69 Å². The number of benzene rings is 2. The molecule has 0 aliphatic carbocycles. The minimum Gasteiger partial charge on any atom is -0.493 e. The molecule has 2 aromatic carbocycles. The Morgan fingerprint density at radius 1 is 0.871 bits per heavy atom. The van der Waals surface area contributed by atoms with E-state index in [1.54, 1.807) is 48.5 Å². The van der Waals surface area contributed by atoms with Gasteiger partial charge in [-0.25, -0.2) is 0 Å². The molecule has 3 amide bonds. The van der Waals surface area contributed by atoms with Gasteiger partial charge in [-0.1, -0.05) is 62.1 Å². The summed E-state index contributed by atoms with van der Waals surface area (Å²) in [6, 6.07) is 13.7. The largest absolute Gasteiger partial charge is 0.493 e. The summed E-state index contributed by atoms with van der Waals surface area (Å²) in [7, 11) is 0. The maximum atomic E-state index is 12.4. The van der Waals surface area contributed by atoms with Gasteiger partial charge in [0.05, 0.1) is 22.9 Å². The number of amides is 3. The summed E-state index contributed by atoms with van der Waals surface area (Å²) in [5, 5.41) is 3.06. The summed E-state index contributed by atoms with van der Waals surface area (Å²) >= 11 is 5.99. The van der Waals surface area contributed by atoms with Crippen molar-refractivity contribution >= 4 is 35.0 Å². The summed E-state index contributed by atoms with van der Waals surface area (Å²) in [6.45, 7) is 2.66. The lowest BCUT2D eigenvalue weighted by atomic mass is 10.2. The van der Waals surface area contributed by atoms with Crippen LogP contribution in [0.5, 0.6) is 5.75 Å². The number of carbonyl (C=O) groups excluding carboxylic acids is 3. The van der Waals surface area contributed by atoms with E-state index in [0.29, 0.717) is 28.6 Å². The van der Waals surface area contributed by atoms with Crippen LogP contribution in [0.1, 0.15) is 55.8 Å². The fraction of sp³-hybridized carbons (Fsp3) is 0.348. The van der Waals surface area contributed by atoms with E-state index in [1.807, 2.05) is 0 Å². The van der Waals surface area contributed by atoms with Crippen molar-refractivity contribution in [3.63, 3.8) is 0 Å². The molecule has 0 spiro atoms. The molecule has 0 aliphatic rings. The number of hydrogen-bond acceptors (Lipinski definition) is 4. The van der Waals surface area contributed by atoms with Crippen LogP contribution in [-0.2, 0) is 9.59 Å². The van der Waals surface area contributed by atoms with E-state index in [9.17, 15) is 14.4 Å². The molecule has 2 rings (SSSR count). The van der Waals surface area contributed by atoms with E-state index in [2.05, 4.69) is 23.1 Å². The molecule has 0 unspecified atom stereocenters. The average Bonchev–Trinajstić information content (AvgIpc) is 2.77. The van der Waals surface area contributed by atoms with Gasteiger partial charge >= 0.3 is 0 Å². The standard InChI is InChI=1S/C23H28ClN3O4/c1-2-3-4-9-16-31-20-13-8-5-10-17(20)23(30)27-26-22(29)15-14-21(28)25-19-12-7-6-11-18(19)24/h5-8,10-13H,2-4,9,14-16H2,1H3,(H,25,28)(H,26,29)(H,27,30). The van der Waals surface area contributed by atoms with Crippen LogP contribution >= 0.6 is 11.6 Å². The number of carbonyl (C=O) groups is 3. The van der Waals surface area contributed by atoms with E-state index >= 15 is 0 Å². The summed E-state index contributed by atoms with van der Waals surface area (Å²) in [5.74, 6) is -0.861. The van der Waals surface area contributed by atoms with Crippen molar-refractivity contribution in [1.29, 1.82) is 0 Å². The predicted octanol–water partition coefficient (Wildman–Crippen LogP) is 4.48. The fourth-order valence-electron chi connectivity index (χ4n) is 2.75. The molecule has 0 fully saturated rings. The molecule has 0 bridgehead atoms. The fourth-order valence-corrected chi connectivity index (χ4v) is 2.93. The second kappa shape index (κ2) is 13.3. The van der Waals surface area contributed by atoms with Crippen molar-refractivity contribution in [2.45, 2.75) is 45.4 Å². The first-order valence-corrected chi connectivity index (χ1v) is 10.7. The second-order valence-corrected chi connectivity index (χ2v) is 7.34. The van der Waals surface area contributed by atoms with Crippen molar-refractivity contribution < 1.29 is 19.1 Å². The topological polar surface area (TPSA) is 96.5 Å². The number of halogens is 1. The number of unbranched alkanes of at least 4 members (excludes halogenated alkanes) is 3. The first-order valence-electron chi connectivity index (χ1n) is 10.4. The average molecular weight is 446 g/mol. The number of ether oxygens (including phenoxy) is 1. The molecule has 0 aliphatic heterocycles. The number of rotatable bonds is 11. The Balaban J connectivity index is 1.76. The molecule has 31 heavy (non-hydrogen) atoms. The van der Waals surface area contributed by atoms with Crippen molar-refractivity contribution in [1.82, 2.24) is 10.9 Å². The van der Waals surface area contributed by atoms with Gasteiger partial charge in [0.25, 0.3) is 5.91 Å². The highest BCUT2D eigenvalue weighted by molar-refractivity contribution is 6.33. The zero-order valence-corrected chi connectivity index (χ0v) is 18.3. The number of hydrogen-bond donors (Lipinski definition) is 3. The van der Waals surface area contributed by atoms with E-state index in [0.717, 1.165) is 25.7 Å². The van der Waals surface area contributed by atoms with Crippen LogP contribution in [-0.4, -0.2) is 24.3 Å². The molecule has 0 saturated heterocycles. The Hall–Kier alpha value is -3.06. The minimum atomic E-state index is -0.488. The van der Waals surface area contributed by atoms with Gasteiger partial charge < -0.3 is 10.1 Å². The van der Waals surface area contributed by atoms with E-state index in [4.69, 9.17) is 16.3 Å². The molecule has 3 N–H and O–H groups in total. The van der Waals surface area contributed by atoms with E-state index in [1.165, 1.54) is 0 Å². The monoisotopic (exact) mass is 445 g/mol. The second-order valence-electron chi connectivity index (χ2n) is 6.94. The van der Waals surface area contributed by atoms with Crippen LogP contribution in [0.15, 0.2) is 48.5 Å². The quantitative estimate of drug-likeness (QED) is 0.351. The van der Waals surface area contributed by atoms with Crippen molar-refractivity contribution in [2.75, 3.05) is 11.9 Å². The molecule has 0 heterocycles. The van der Waals surface area contributed by atoms with E-state index < -0.39 is 11.8 Å². The van der Waals surface area contributed by atoms with Crippen LogP contribution in [0.3, 0.4) is 0 Å². The molecule has 0 atom stereocenters.